The molecule has 0 aliphatic carbocycles. The number of methoxy groups -OCH3 is 1. The van der Waals surface area contributed by atoms with Gasteiger partial charge in [0, 0.05) is 42.3 Å². The van der Waals surface area contributed by atoms with E-state index in [2.05, 4.69) is 80.3 Å². The van der Waals surface area contributed by atoms with E-state index in [0.717, 1.165) is 5.56 Å². The smallest absolute Gasteiger partial charge is 0.265 e. The van der Waals surface area contributed by atoms with Crippen LogP contribution in [-0.2, 0) is 39.3 Å². The molecule has 4 aliphatic rings. The first-order chi connectivity index (χ1) is 47.4. The molecule has 99 heavy (non-hydrogen) atoms. The number of anilines is 4. The van der Waals surface area contributed by atoms with Gasteiger partial charge in [-0.2, -0.15) is 0 Å². The number of phosphoric ester groups is 1. The fraction of sp³-hybridized carbons (Fsp3) is 0.518. The first-order valence-corrected chi connectivity index (χ1v) is 32.1. The number of hydrogen-bond acceptors (Lipinski definition) is 36. The average Bonchev–Trinajstić information content (AvgIpc) is 1.66. The highest BCUT2D eigenvalue weighted by Gasteiger charge is 2.48. The van der Waals surface area contributed by atoms with Crippen molar-refractivity contribution in [1.29, 1.82) is 0 Å². The molecule has 12 heterocycles. The molecule has 5 unspecified atom stereocenters. The number of aliphatic hydroxyl groups is 7. The Hall–Kier alpha value is -8.60. The molecule has 1 aromatic carbocycles. The van der Waals surface area contributed by atoms with Crippen molar-refractivity contribution in [3.8, 4) is 5.75 Å². The molecule has 0 bridgehead atoms. The van der Waals surface area contributed by atoms with E-state index in [9.17, 15) is 50.0 Å². The largest absolute Gasteiger partial charge is 0.756 e. The van der Waals surface area contributed by atoms with Crippen LogP contribution in [0.4, 0.5) is 23.3 Å². The van der Waals surface area contributed by atoms with Gasteiger partial charge < -0.3 is 122 Å². The summed E-state index contributed by atoms with van der Waals surface area (Å²) in [6, 6.07) is 3.27. The fourth-order valence-corrected chi connectivity index (χ4v) is 11.8. The second-order valence-electron chi connectivity index (χ2n) is 23.4. The number of carbonyl (C=O) groups is 1. The number of benzene rings is 1. The Morgan fingerprint density at radius 2 is 0.939 bits per heavy atom. The minimum absolute atomic E-state index is 0.251. The number of fused-ring (bicyclic) bond motifs is 4. The van der Waals surface area contributed by atoms with Crippen molar-refractivity contribution in [2.24, 2.45) is 22.9 Å². The van der Waals surface area contributed by atoms with Gasteiger partial charge in [-0.3, -0.25) is 27.6 Å². The van der Waals surface area contributed by atoms with Gasteiger partial charge in [0.05, 0.1) is 89.1 Å². The molecule has 13 rings (SSSR count). The van der Waals surface area contributed by atoms with Gasteiger partial charge in [-0.15, -0.1) is 0 Å². The number of ether oxygens (including phenoxy) is 5. The first-order valence-electron chi connectivity index (χ1n) is 30.6. The monoisotopic (exact) mass is 1400 g/mol. The van der Waals surface area contributed by atoms with Crippen molar-refractivity contribution in [3.05, 3.63) is 80.4 Å². The number of imidazole rings is 4. The Balaban J connectivity index is 0.000000146. The Bertz CT molecular complexity index is 4220. The third-order valence-electron chi connectivity index (χ3n) is 16.7. The zero-order valence-corrected chi connectivity index (χ0v) is 55.2. The summed E-state index contributed by atoms with van der Waals surface area (Å²) in [5.41, 5.74) is 28.6. The highest BCUT2D eigenvalue weighted by molar-refractivity contribution is 7.44. The van der Waals surface area contributed by atoms with Crippen LogP contribution in [0, 0.1) is 0 Å². The molecule has 4 aliphatic heterocycles. The molecule has 8 aromatic heterocycles. The predicted octanol–water partition coefficient (Wildman–Crippen LogP) is -5.95. The van der Waals surface area contributed by atoms with Gasteiger partial charge in [-0.25, -0.2) is 59.8 Å². The van der Waals surface area contributed by atoms with Crippen LogP contribution in [0.5, 0.6) is 5.75 Å². The summed E-state index contributed by atoms with van der Waals surface area (Å²) in [6.07, 6.45) is 1.25. The normalized spacial score (nSPS) is 27.4. The maximum absolute atomic E-state index is 12.8. The minimum atomic E-state index is -4.91. The zero-order valence-electron chi connectivity index (χ0n) is 54.3. The predicted molar refractivity (Wildman–Crippen MR) is 346 cm³/mol. The van der Waals surface area contributed by atoms with E-state index in [-0.39, 0.29) is 13.2 Å². The minimum Gasteiger partial charge on any atom is -0.756 e. The Kier molecular flexibility index (Phi) is 23.1. The van der Waals surface area contributed by atoms with E-state index in [4.69, 9.17) is 51.5 Å². The zero-order chi connectivity index (χ0) is 71.3. The summed E-state index contributed by atoms with van der Waals surface area (Å²) >= 11 is 0. The third kappa shape index (κ3) is 15.3. The van der Waals surface area contributed by atoms with Crippen LogP contribution in [-0.4, -0.2) is 279 Å². The number of rotatable bonds is 19. The van der Waals surface area contributed by atoms with E-state index in [1.807, 2.05) is 45.2 Å². The molecule has 0 radical (unpaired) electrons. The number of amides is 1. The van der Waals surface area contributed by atoms with Crippen LogP contribution in [0.2, 0.25) is 0 Å². The third-order valence-corrected chi connectivity index (χ3v) is 17.2. The standard InChI is InChI=1S/C22H29N7O5.C12H18N6O3.C11H17N6O6P.C11H16N6O3/c1-28(2)19-17-20(25-10-24-19)29(11-26-17)22-18(31)16(15(9-30)34-22)27-21(32)14(23)8-12-4-6-13(33-3)7-5-12;1-17(2)10-8-11(15-4-14-10)18(5-16-8)12-9(20)7(13)6(3-19)21-12;1-13-9-7-10(15-3-14-9)17(4-16-7)11-8(18)6(12)5(23-11)2-22-24(19,20)21;1-13-9-7-10(15-3-14-9)17(4-16-7)11-8(19)6(12)5(2-18)20-11/h4-7,10-11,14-16,18,22,30-31H,8-9,23H2,1-3H3,(H,27,32);4-7,9,12,19-20H,3,13H2,1-2H3;3-6,8,11,18H,2,12H2,1H3,(H,13,14,15)(H2,19,20,21);3-6,8,11,18-19H,2,12H2,1H3,(H,13,14,15)/p-1/t14-,15+,16-,18?,22+;6-,7+,9?,12-;2*5-,6+,8?,11-/m0111/s1. The van der Waals surface area contributed by atoms with Gasteiger partial charge in [0.25, 0.3) is 7.82 Å². The second-order valence-corrected chi connectivity index (χ2v) is 24.6. The lowest BCUT2D eigenvalue weighted by Crippen LogP contribution is -2.53. The van der Waals surface area contributed by atoms with Crippen LogP contribution in [0.1, 0.15) is 30.5 Å². The molecular formula is C56H79N25O17P-. The number of aliphatic hydroxyl groups excluding tert-OH is 7. The molecule has 43 heteroatoms. The van der Waals surface area contributed by atoms with Crippen molar-refractivity contribution in [2.45, 2.75) is 110 Å². The first kappa shape index (κ1) is 73.1. The molecule has 9 aromatic rings. The lowest BCUT2D eigenvalue weighted by atomic mass is 10.0. The Morgan fingerprint density at radius 3 is 1.31 bits per heavy atom. The Labute approximate surface area is 562 Å². The van der Waals surface area contributed by atoms with E-state index in [0.29, 0.717) is 80.1 Å². The molecular weight excluding hydrogens is 1330 g/mol. The van der Waals surface area contributed by atoms with Gasteiger partial charge in [0.15, 0.2) is 81.8 Å². The number of hydrogen-bond donors (Lipinski definition) is 15. The molecule has 18 atom stereocenters. The van der Waals surface area contributed by atoms with E-state index in [1.54, 1.807) is 51.9 Å². The SMILES string of the molecule is CN(C)c1ncnc2c1ncn2[C@@H]1O[C@H](CO)[C@H](N)C1O.CNc1ncnc2c1ncn2[C@@H]1O[C@H](CO)[C@H](N)C1O.CNc1ncnc2c1ncn2[C@@H]1O[C@H](COP(=O)([O-])O)[C@H](N)C1O.COc1ccc(C[C@H](N)C(=O)N[C@@H]2C(O)[C@H](n3cnc4c(N(C)C)ncnc43)O[C@@H]2CO)cc1. The van der Waals surface area contributed by atoms with Gasteiger partial charge in [-0.1, -0.05) is 12.1 Å². The van der Waals surface area contributed by atoms with Crippen molar-refractivity contribution in [1.82, 2.24) is 83.4 Å². The number of aromatic nitrogens is 16. The van der Waals surface area contributed by atoms with Gasteiger partial charge in [-0.05, 0) is 24.1 Å². The van der Waals surface area contributed by atoms with Gasteiger partial charge in [0.1, 0.15) is 90.9 Å². The number of nitrogens with one attached hydrogen (secondary N) is 3. The van der Waals surface area contributed by atoms with Gasteiger partial charge in [0.2, 0.25) is 5.91 Å². The maximum atomic E-state index is 12.8. The fourth-order valence-electron chi connectivity index (χ4n) is 11.5. The number of carbonyl (C=O) groups excluding carboxylic acids is 1. The molecule has 536 valence electrons. The van der Waals surface area contributed by atoms with E-state index >= 15 is 0 Å². The number of nitrogens with two attached hydrogens (primary N) is 4. The van der Waals surface area contributed by atoms with Crippen LogP contribution in [0.15, 0.2) is 74.9 Å². The highest BCUT2D eigenvalue weighted by Crippen LogP contribution is 2.38. The summed E-state index contributed by atoms with van der Waals surface area (Å²) in [5.74, 6) is 2.63. The Morgan fingerprint density at radius 1 is 0.576 bits per heavy atom. The lowest BCUT2D eigenvalue weighted by molar-refractivity contribution is -0.222. The summed E-state index contributed by atoms with van der Waals surface area (Å²) in [5, 5.41) is 78.5. The molecule has 0 saturated carbocycles. The highest BCUT2D eigenvalue weighted by atomic mass is 31.2. The molecule has 42 nitrogen and oxygen atoms in total. The summed E-state index contributed by atoms with van der Waals surface area (Å²) in [4.78, 5) is 86.1. The van der Waals surface area contributed by atoms with Crippen LogP contribution in [0.25, 0.3) is 44.7 Å². The maximum Gasteiger partial charge on any atom is 0.265 e. The van der Waals surface area contributed by atoms with Crippen molar-refractivity contribution >= 4 is 81.7 Å². The number of nitrogens with zero attached hydrogens (tertiary/aromatic N) is 18. The summed E-state index contributed by atoms with van der Waals surface area (Å²) in [6.45, 7) is -1.43. The van der Waals surface area contributed by atoms with Crippen LogP contribution < -0.4 is 58.3 Å². The summed E-state index contributed by atoms with van der Waals surface area (Å²) < 4.78 is 49.0. The van der Waals surface area contributed by atoms with Crippen LogP contribution >= 0.6 is 7.82 Å². The van der Waals surface area contributed by atoms with E-state index < -0.39 is 131 Å². The van der Waals surface area contributed by atoms with Gasteiger partial charge >= 0.3 is 0 Å². The quantitative estimate of drug-likeness (QED) is 0.0335. The van der Waals surface area contributed by atoms with Crippen molar-refractivity contribution in [2.75, 3.05) is 96.3 Å². The van der Waals surface area contributed by atoms with Crippen LogP contribution in [0.3, 0.4) is 0 Å². The second kappa shape index (κ2) is 31.3. The van der Waals surface area contributed by atoms with Crippen molar-refractivity contribution < 1.29 is 83.1 Å². The number of phosphoric acid groups is 1. The average molecular weight is 1410 g/mol. The lowest BCUT2D eigenvalue weighted by Gasteiger charge is -2.23. The molecule has 4 fully saturated rings. The topological polar surface area (TPSA) is 595 Å². The molecule has 4 saturated heterocycles. The van der Waals surface area contributed by atoms with E-state index in [1.165, 1.54) is 55.2 Å². The molecule has 0 spiro atoms. The van der Waals surface area contributed by atoms with Crippen molar-refractivity contribution in [3.63, 3.8) is 0 Å². The summed E-state index contributed by atoms with van der Waals surface area (Å²) in [7, 11) is 7.48. The molecule has 19 N–H and O–H groups in total. The molecule has 1 amide bonds.